The standard InChI is InChI=1S/C20H28O10/c1-10(13-8-26-19(28-13)12(22)7-21)27-20-16(24)15(23)17-14(29-20)9-25-18(30-17)11-5-3-2-4-6-11/h2-6,10,12-24H,7-9H2,1H3/t10?,12?,13?,14-,15?,16?,17?,18?,19?,20?/m0/s1. The number of rotatable bonds is 6. The third-order valence-electron chi connectivity index (χ3n) is 5.51. The molecular formula is C20H28O10. The Labute approximate surface area is 173 Å². The molecule has 1 aromatic carbocycles. The molecule has 0 aromatic heterocycles. The Kier molecular flexibility index (Phi) is 7.00. The fourth-order valence-electron chi connectivity index (χ4n) is 3.74. The molecule has 0 radical (unpaired) electrons. The van der Waals surface area contributed by atoms with E-state index in [-0.39, 0.29) is 13.2 Å². The second-order valence-corrected chi connectivity index (χ2v) is 7.67. The second kappa shape index (κ2) is 9.53. The largest absolute Gasteiger partial charge is 0.393 e. The fourth-order valence-corrected chi connectivity index (χ4v) is 3.74. The Bertz CT molecular complexity index is 673. The average molecular weight is 428 g/mol. The summed E-state index contributed by atoms with van der Waals surface area (Å²) in [5, 5.41) is 39.8. The minimum atomic E-state index is -1.34. The van der Waals surface area contributed by atoms with Crippen LogP contribution in [-0.2, 0) is 28.4 Å². The normalized spacial score (nSPS) is 41.2. The zero-order chi connectivity index (χ0) is 21.3. The van der Waals surface area contributed by atoms with Gasteiger partial charge in [-0.1, -0.05) is 30.3 Å². The highest BCUT2D eigenvalue weighted by Crippen LogP contribution is 2.35. The molecule has 0 spiro atoms. The lowest BCUT2D eigenvalue weighted by Crippen LogP contribution is -2.62. The van der Waals surface area contributed by atoms with Gasteiger partial charge < -0.3 is 48.8 Å². The van der Waals surface area contributed by atoms with Gasteiger partial charge in [-0.3, -0.25) is 0 Å². The lowest BCUT2D eigenvalue weighted by molar-refractivity contribution is -0.368. The van der Waals surface area contributed by atoms with Gasteiger partial charge in [-0.15, -0.1) is 0 Å². The molecule has 4 rings (SSSR count). The lowest BCUT2D eigenvalue weighted by atomic mass is 9.97. The third kappa shape index (κ3) is 4.53. The Morgan fingerprint density at radius 2 is 1.80 bits per heavy atom. The number of aliphatic hydroxyl groups is 4. The van der Waals surface area contributed by atoms with Crippen LogP contribution < -0.4 is 0 Å². The second-order valence-electron chi connectivity index (χ2n) is 7.67. The molecule has 3 heterocycles. The number of ether oxygens (including phenoxy) is 6. The van der Waals surface area contributed by atoms with E-state index in [9.17, 15) is 15.3 Å². The molecule has 3 aliphatic rings. The summed E-state index contributed by atoms with van der Waals surface area (Å²) in [6, 6.07) is 9.32. The van der Waals surface area contributed by atoms with Crippen LogP contribution in [0.5, 0.6) is 0 Å². The maximum Gasteiger partial charge on any atom is 0.187 e. The van der Waals surface area contributed by atoms with Crippen LogP contribution in [0.2, 0.25) is 0 Å². The summed E-state index contributed by atoms with van der Waals surface area (Å²) < 4.78 is 34.0. The van der Waals surface area contributed by atoms with E-state index in [1.54, 1.807) is 6.92 Å². The Balaban J connectivity index is 1.34. The zero-order valence-corrected chi connectivity index (χ0v) is 16.5. The van der Waals surface area contributed by atoms with Crippen LogP contribution in [0.4, 0.5) is 0 Å². The summed E-state index contributed by atoms with van der Waals surface area (Å²) in [4.78, 5) is 0. The van der Waals surface area contributed by atoms with Crippen LogP contribution in [0.15, 0.2) is 30.3 Å². The molecule has 9 unspecified atom stereocenters. The van der Waals surface area contributed by atoms with Gasteiger partial charge >= 0.3 is 0 Å². The Morgan fingerprint density at radius 3 is 2.53 bits per heavy atom. The minimum Gasteiger partial charge on any atom is -0.393 e. The van der Waals surface area contributed by atoms with Crippen LogP contribution in [0.25, 0.3) is 0 Å². The summed E-state index contributed by atoms with van der Waals surface area (Å²) in [7, 11) is 0. The van der Waals surface area contributed by atoms with Crippen molar-refractivity contribution >= 4 is 0 Å². The van der Waals surface area contributed by atoms with E-state index in [2.05, 4.69) is 0 Å². The van der Waals surface area contributed by atoms with E-state index < -0.39 is 68.2 Å². The van der Waals surface area contributed by atoms with Gasteiger partial charge in [0.25, 0.3) is 0 Å². The first kappa shape index (κ1) is 22.0. The molecule has 3 aliphatic heterocycles. The highest BCUT2D eigenvalue weighted by molar-refractivity contribution is 5.16. The molecule has 10 atom stereocenters. The first-order valence-corrected chi connectivity index (χ1v) is 10.0. The summed E-state index contributed by atoms with van der Waals surface area (Å²) >= 11 is 0. The van der Waals surface area contributed by atoms with Crippen LogP contribution in [0.3, 0.4) is 0 Å². The zero-order valence-electron chi connectivity index (χ0n) is 16.5. The predicted octanol–water partition coefficient (Wildman–Crippen LogP) is -0.953. The summed E-state index contributed by atoms with van der Waals surface area (Å²) in [5.41, 5.74) is 0.808. The topological polar surface area (TPSA) is 136 Å². The van der Waals surface area contributed by atoms with E-state index in [0.717, 1.165) is 5.56 Å². The first-order valence-electron chi connectivity index (χ1n) is 10.0. The lowest BCUT2D eigenvalue weighted by Gasteiger charge is -2.46. The Hall–Kier alpha value is -1.18. The molecule has 30 heavy (non-hydrogen) atoms. The number of benzene rings is 1. The van der Waals surface area contributed by atoms with E-state index >= 15 is 0 Å². The van der Waals surface area contributed by atoms with Gasteiger partial charge in [0.05, 0.1) is 25.9 Å². The maximum absolute atomic E-state index is 10.6. The van der Waals surface area contributed by atoms with E-state index in [1.165, 1.54) is 0 Å². The molecule has 10 heteroatoms. The van der Waals surface area contributed by atoms with Crippen molar-refractivity contribution in [3.8, 4) is 0 Å². The highest BCUT2D eigenvalue weighted by Gasteiger charge is 2.50. The van der Waals surface area contributed by atoms with Crippen LogP contribution in [0.1, 0.15) is 18.8 Å². The van der Waals surface area contributed by atoms with Gasteiger partial charge in [-0.25, -0.2) is 0 Å². The monoisotopic (exact) mass is 428 g/mol. The molecule has 3 saturated heterocycles. The van der Waals surface area contributed by atoms with Crippen LogP contribution in [0, 0.1) is 0 Å². The quantitative estimate of drug-likeness (QED) is 0.449. The van der Waals surface area contributed by atoms with Crippen LogP contribution >= 0.6 is 0 Å². The van der Waals surface area contributed by atoms with Crippen molar-refractivity contribution in [2.75, 3.05) is 19.8 Å². The van der Waals surface area contributed by atoms with Gasteiger partial charge in [0, 0.05) is 5.56 Å². The molecular weight excluding hydrogens is 400 g/mol. The number of fused-ring (bicyclic) bond motifs is 1. The minimum absolute atomic E-state index is 0.144. The van der Waals surface area contributed by atoms with Crippen molar-refractivity contribution in [2.45, 2.75) is 68.5 Å². The SMILES string of the molecule is CC(OC1O[C@H]2COC(c3ccccc3)OC2C(O)C1O)C1COC(C(O)CO)O1. The molecule has 1 aromatic rings. The van der Waals surface area contributed by atoms with Crippen molar-refractivity contribution in [3.63, 3.8) is 0 Å². The van der Waals surface area contributed by atoms with Crippen molar-refractivity contribution in [1.29, 1.82) is 0 Å². The Morgan fingerprint density at radius 1 is 1.03 bits per heavy atom. The van der Waals surface area contributed by atoms with Gasteiger partial charge in [0.2, 0.25) is 0 Å². The van der Waals surface area contributed by atoms with Gasteiger partial charge in [0.1, 0.15) is 36.6 Å². The molecule has 0 saturated carbocycles. The van der Waals surface area contributed by atoms with Crippen LogP contribution in [-0.4, -0.2) is 95.6 Å². The molecule has 0 bridgehead atoms. The van der Waals surface area contributed by atoms with Crippen molar-refractivity contribution in [1.82, 2.24) is 0 Å². The van der Waals surface area contributed by atoms with Crippen molar-refractivity contribution in [2.24, 2.45) is 0 Å². The van der Waals surface area contributed by atoms with E-state index in [0.29, 0.717) is 0 Å². The van der Waals surface area contributed by atoms with Crippen molar-refractivity contribution < 1.29 is 48.8 Å². The fraction of sp³-hybridized carbons (Fsp3) is 0.700. The highest BCUT2D eigenvalue weighted by atomic mass is 16.8. The number of hydrogen-bond acceptors (Lipinski definition) is 10. The maximum atomic E-state index is 10.6. The smallest absolute Gasteiger partial charge is 0.187 e. The summed E-state index contributed by atoms with van der Waals surface area (Å²) in [6.45, 7) is 1.52. The molecule has 0 aliphatic carbocycles. The predicted molar refractivity (Wildman–Crippen MR) is 98.9 cm³/mol. The molecule has 3 fully saturated rings. The summed E-state index contributed by atoms with van der Waals surface area (Å²) in [5.74, 6) is 0. The van der Waals surface area contributed by atoms with Gasteiger partial charge in [-0.05, 0) is 6.92 Å². The average Bonchev–Trinajstić information content (AvgIpc) is 3.27. The van der Waals surface area contributed by atoms with E-state index in [1.807, 2.05) is 30.3 Å². The summed E-state index contributed by atoms with van der Waals surface area (Å²) in [6.07, 6.45) is -8.98. The first-order chi connectivity index (χ1) is 14.5. The number of aliphatic hydroxyl groups excluding tert-OH is 4. The molecule has 10 nitrogen and oxygen atoms in total. The number of hydrogen-bond donors (Lipinski definition) is 4. The van der Waals surface area contributed by atoms with Gasteiger partial charge in [-0.2, -0.15) is 0 Å². The van der Waals surface area contributed by atoms with Crippen molar-refractivity contribution in [3.05, 3.63) is 35.9 Å². The molecule has 0 amide bonds. The third-order valence-corrected chi connectivity index (χ3v) is 5.51. The molecule has 4 N–H and O–H groups in total. The molecule has 168 valence electrons. The van der Waals surface area contributed by atoms with Gasteiger partial charge in [0.15, 0.2) is 18.9 Å². The van der Waals surface area contributed by atoms with E-state index in [4.69, 9.17) is 33.5 Å².